The molecule has 0 spiro atoms. The van der Waals surface area contributed by atoms with Gasteiger partial charge in [-0.05, 0) is 24.6 Å². The minimum atomic E-state index is -4.73. The molecule has 0 saturated heterocycles. The molecular formula is C12H11F3N2O3. The number of nitriles is 1. The van der Waals surface area contributed by atoms with E-state index in [0.29, 0.717) is 0 Å². The molecule has 3 N–H and O–H groups in total. The van der Waals surface area contributed by atoms with E-state index in [9.17, 15) is 18.0 Å². The van der Waals surface area contributed by atoms with Gasteiger partial charge in [-0.15, -0.1) is 0 Å². The van der Waals surface area contributed by atoms with Crippen molar-refractivity contribution in [1.82, 2.24) is 0 Å². The van der Waals surface area contributed by atoms with Gasteiger partial charge in [-0.3, -0.25) is 0 Å². The number of nitrogens with one attached hydrogen (secondary N) is 1. The topological polar surface area (TPSA) is 93.3 Å². The van der Waals surface area contributed by atoms with Crippen LogP contribution in [0.2, 0.25) is 0 Å². The molecule has 0 amide bonds. The fourth-order valence-corrected chi connectivity index (χ4v) is 1.70. The monoisotopic (exact) mass is 288 g/mol. The van der Waals surface area contributed by atoms with Gasteiger partial charge in [-0.2, -0.15) is 18.4 Å². The van der Waals surface area contributed by atoms with Crippen LogP contribution in [-0.4, -0.2) is 28.8 Å². The summed E-state index contributed by atoms with van der Waals surface area (Å²) in [6.45, 7) is 0.346. The number of benzene rings is 1. The molecule has 0 aliphatic rings. The average Bonchev–Trinajstić information content (AvgIpc) is 2.34. The molecule has 1 rings (SSSR count). The summed E-state index contributed by atoms with van der Waals surface area (Å²) in [6.07, 6.45) is -4.73. The highest BCUT2D eigenvalue weighted by Crippen LogP contribution is 2.37. The lowest BCUT2D eigenvalue weighted by molar-refractivity contribution is -0.139. The summed E-state index contributed by atoms with van der Waals surface area (Å²) in [5, 5.41) is 28.6. The predicted octanol–water partition coefficient (Wildman–Crippen LogP) is 1.74. The summed E-state index contributed by atoms with van der Waals surface area (Å²) in [4.78, 5) is 10.8. The Kier molecular flexibility index (Phi) is 4.57. The van der Waals surface area contributed by atoms with Gasteiger partial charge in [0.1, 0.15) is 6.04 Å². The molecule has 0 radical (unpaired) electrons. The first-order valence-corrected chi connectivity index (χ1v) is 5.43. The molecule has 0 fully saturated rings. The highest BCUT2D eigenvalue weighted by molar-refractivity contribution is 5.78. The number of carbonyl (C=O) groups is 1. The number of anilines is 1. The first-order chi connectivity index (χ1) is 9.22. The lowest BCUT2D eigenvalue weighted by Gasteiger charge is -2.19. The maximum Gasteiger partial charge on any atom is 0.418 e. The van der Waals surface area contributed by atoms with Crippen molar-refractivity contribution in [2.75, 3.05) is 11.9 Å². The molecule has 1 atom stereocenters. The molecule has 0 aliphatic heterocycles. The number of carboxylic acid groups (broad SMARTS) is 1. The number of nitrogens with zero attached hydrogens (tertiary/aromatic N) is 1. The largest absolute Gasteiger partial charge is 0.480 e. The maximum absolute atomic E-state index is 12.9. The van der Waals surface area contributed by atoms with Crippen LogP contribution in [0, 0.1) is 18.3 Å². The third-order valence-electron chi connectivity index (χ3n) is 2.68. The Morgan fingerprint density at radius 3 is 2.50 bits per heavy atom. The Balaban J connectivity index is 3.32. The number of aliphatic hydroxyl groups is 1. The molecule has 0 bridgehead atoms. The van der Waals surface area contributed by atoms with Gasteiger partial charge in [-0.25, -0.2) is 4.79 Å². The number of hydrogen-bond donors (Lipinski definition) is 3. The SMILES string of the molecule is Cc1c(NC(CO)C(=O)O)ccc(C#N)c1C(F)(F)F. The van der Waals surface area contributed by atoms with Crippen LogP contribution in [0.25, 0.3) is 0 Å². The minimum absolute atomic E-state index is 0.0993. The van der Waals surface area contributed by atoms with E-state index in [-0.39, 0.29) is 11.3 Å². The van der Waals surface area contributed by atoms with Gasteiger partial charge < -0.3 is 15.5 Å². The van der Waals surface area contributed by atoms with Gasteiger partial charge in [-0.1, -0.05) is 0 Å². The molecule has 1 unspecified atom stereocenters. The molecule has 0 heterocycles. The van der Waals surface area contributed by atoms with Gasteiger partial charge in [0.05, 0.1) is 23.8 Å². The molecular weight excluding hydrogens is 277 g/mol. The van der Waals surface area contributed by atoms with Gasteiger partial charge in [0.15, 0.2) is 0 Å². The Hall–Kier alpha value is -2.27. The Morgan fingerprint density at radius 1 is 1.50 bits per heavy atom. The molecule has 1 aromatic rings. The normalized spacial score (nSPS) is 12.6. The van der Waals surface area contributed by atoms with Crippen molar-refractivity contribution in [3.8, 4) is 6.07 Å². The Morgan fingerprint density at radius 2 is 2.10 bits per heavy atom. The second-order valence-corrected chi connectivity index (χ2v) is 3.99. The quantitative estimate of drug-likeness (QED) is 0.784. The number of halogens is 3. The van der Waals surface area contributed by atoms with Crippen LogP contribution in [0.1, 0.15) is 16.7 Å². The molecule has 1 aromatic carbocycles. The molecule has 5 nitrogen and oxygen atoms in total. The van der Waals surface area contributed by atoms with E-state index in [4.69, 9.17) is 15.5 Å². The summed E-state index contributed by atoms with van der Waals surface area (Å²) < 4.78 is 38.7. The van der Waals surface area contributed by atoms with Gasteiger partial charge in [0, 0.05) is 5.69 Å². The van der Waals surface area contributed by atoms with Crippen molar-refractivity contribution >= 4 is 11.7 Å². The summed E-state index contributed by atoms with van der Waals surface area (Å²) in [7, 11) is 0. The van der Waals surface area contributed by atoms with Crippen molar-refractivity contribution in [2.45, 2.75) is 19.1 Å². The lowest BCUT2D eigenvalue weighted by atomic mass is 10.00. The number of rotatable bonds is 4. The zero-order valence-corrected chi connectivity index (χ0v) is 10.3. The molecule has 0 saturated carbocycles. The lowest BCUT2D eigenvalue weighted by Crippen LogP contribution is -2.33. The molecule has 8 heteroatoms. The number of aliphatic hydroxyl groups excluding tert-OH is 1. The summed E-state index contributed by atoms with van der Waals surface area (Å²) in [5.74, 6) is -1.40. The van der Waals surface area contributed by atoms with Crippen LogP contribution in [0.5, 0.6) is 0 Å². The highest BCUT2D eigenvalue weighted by atomic mass is 19.4. The van der Waals surface area contributed by atoms with Crippen LogP contribution in [-0.2, 0) is 11.0 Å². The van der Waals surface area contributed by atoms with Crippen molar-refractivity contribution < 1.29 is 28.2 Å². The fraction of sp³-hybridized carbons (Fsp3) is 0.333. The average molecular weight is 288 g/mol. The summed E-state index contributed by atoms with van der Waals surface area (Å²) in [6, 6.07) is 2.15. The van der Waals surface area contributed by atoms with E-state index < -0.39 is 35.9 Å². The van der Waals surface area contributed by atoms with E-state index in [1.807, 2.05) is 0 Å². The van der Waals surface area contributed by atoms with Gasteiger partial charge in [0.25, 0.3) is 0 Å². The molecule has 0 aromatic heterocycles. The first-order valence-electron chi connectivity index (χ1n) is 5.43. The maximum atomic E-state index is 12.9. The van der Waals surface area contributed by atoms with E-state index in [1.165, 1.54) is 12.1 Å². The van der Waals surface area contributed by atoms with Crippen molar-refractivity contribution in [3.63, 3.8) is 0 Å². The number of hydrogen-bond acceptors (Lipinski definition) is 4. The zero-order chi connectivity index (χ0) is 15.5. The standard InChI is InChI=1S/C12H11F3N2O3/c1-6-8(17-9(5-18)11(19)20)3-2-7(4-16)10(6)12(13,14)15/h2-3,9,17-18H,5H2,1H3,(H,19,20). The van der Waals surface area contributed by atoms with Crippen LogP contribution >= 0.6 is 0 Å². The molecule has 20 heavy (non-hydrogen) atoms. The highest BCUT2D eigenvalue weighted by Gasteiger charge is 2.36. The number of aliphatic carboxylic acids is 1. The summed E-state index contributed by atoms with van der Waals surface area (Å²) in [5.41, 5.74) is -2.06. The van der Waals surface area contributed by atoms with E-state index in [0.717, 1.165) is 13.0 Å². The number of alkyl halides is 3. The molecule has 0 aliphatic carbocycles. The summed E-state index contributed by atoms with van der Waals surface area (Å²) >= 11 is 0. The van der Waals surface area contributed by atoms with Crippen LogP contribution in [0.15, 0.2) is 12.1 Å². The van der Waals surface area contributed by atoms with Crippen LogP contribution in [0.3, 0.4) is 0 Å². The van der Waals surface area contributed by atoms with Crippen molar-refractivity contribution in [2.24, 2.45) is 0 Å². The Bertz CT molecular complexity index is 564. The first kappa shape index (κ1) is 15.8. The second-order valence-electron chi connectivity index (χ2n) is 3.99. The van der Waals surface area contributed by atoms with Crippen LogP contribution < -0.4 is 5.32 Å². The number of carboxylic acids is 1. The molecule has 108 valence electrons. The smallest absolute Gasteiger partial charge is 0.418 e. The zero-order valence-electron chi connectivity index (χ0n) is 10.3. The van der Waals surface area contributed by atoms with E-state index in [1.54, 1.807) is 0 Å². The third-order valence-corrected chi connectivity index (χ3v) is 2.68. The second kappa shape index (κ2) is 5.79. The van der Waals surface area contributed by atoms with Crippen molar-refractivity contribution in [1.29, 1.82) is 5.26 Å². The fourth-order valence-electron chi connectivity index (χ4n) is 1.70. The van der Waals surface area contributed by atoms with E-state index in [2.05, 4.69) is 5.32 Å². The van der Waals surface area contributed by atoms with Crippen molar-refractivity contribution in [3.05, 3.63) is 28.8 Å². The third kappa shape index (κ3) is 3.19. The minimum Gasteiger partial charge on any atom is -0.480 e. The van der Waals surface area contributed by atoms with Crippen LogP contribution in [0.4, 0.5) is 18.9 Å². The van der Waals surface area contributed by atoms with E-state index >= 15 is 0 Å². The Labute approximate surface area is 112 Å². The predicted molar refractivity (Wildman–Crippen MR) is 63.0 cm³/mol. The van der Waals surface area contributed by atoms with Gasteiger partial charge in [0.2, 0.25) is 0 Å². The van der Waals surface area contributed by atoms with Gasteiger partial charge >= 0.3 is 12.1 Å².